The fourth-order valence-corrected chi connectivity index (χ4v) is 7.78. The number of nitrogens with one attached hydrogen (secondary N) is 1. The number of hydrogen-bond donors (Lipinski definition) is 1. The van der Waals surface area contributed by atoms with E-state index in [0.29, 0.717) is 29.3 Å². The summed E-state index contributed by atoms with van der Waals surface area (Å²) in [4.78, 5) is 21.8. The molecular weight excluding hydrogens is 314 g/mol. The molecular formula is C21H33NO3. The van der Waals surface area contributed by atoms with Crippen LogP contribution in [-0.2, 0) is 14.3 Å². The van der Waals surface area contributed by atoms with Crippen molar-refractivity contribution in [3.05, 3.63) is 0 Å². The summed E-state index contributed by atoms with van der Waals surface area (Å²) in [6.45, 7) is 5.61. The third-order valence-corrected chi connectivity index (χ3v) is 9.13. The van der Waals surface area contributed by atoms with Crippen molar-refractivity contribution in [2.24, 2.45) is 34.5 Å². The lowest BCUT2D eigenvalue weighted by Crippen LogP contribution is -2.55. The summed E-state index contributed by atoms with van der Waals surface area (Å²) >= 11 is 0. The van der Waals surface area contributed by atoms with Crippen LogP contribution in [0.4, 0.5) is 0 Å². The average molecular weight is 347 g/mol. The molecule has 0 spiro atoms. The molecule has 1 N–H and O–H groups in total. The van der Waals surface area contributed by atoms with Gasteiger partial charge in [0.15, 0.2) is 0 Å². The molecule has 1 amide bonds. The second-order valence-electron chi connectivity index (χ2n) is 9.74. The van der Waals surface area contributed by atoms with E-state index in [4.69, 9.17) is 4.74 Å². The predicted octanol–water partition coefficient (Wildman–Crippen LogP) is 3.69. The van der Waals surface area contributed by atoms with E-state index in [1.54, 1.807) is 0 Å². The third-order valence-electron chi connectivity index (χ3n) is 9.13. The van der Waals surface area contributed by atoms with Gasteiger partial charge in [-0.15, -0.1) is 0 Å². The minimum absolute atomic E-state index is 0.147. The molecule has 0 aliphatic heterocycles. The lowest BCUT2D eigenvalue weighted by molar-refractivity contribution is -0.149. The summed E-state index contributed by atoms with van der Waals surface area (Å²) < 4.78 is 5.32. The Labute approximate surface area is 151 Å². The first-order chi connectivity index (χ1) is 12.0. The molecule has 0 aromatic rings. The highest BCUT2D eigenvalue weighted by Gasteiger charge is 2.60. The Bertz CT molecular complexity index is 537. The highest BCUT2D eigenvalue weighted by molar-refractivity contribution is 5.47. The van der Waals surface area contributed by atoms with Crippen LogP contribution >= 0.6 is 0 Å². The summed E-state index contributed by atoms with van der Waals surface area (Å²) in [5.74, 6) is 3.12. The van der Waals surface area contributed by atoms with Crippen molar-refractivity contribution in [1.82, 2.24) is 5.32 Å². The van der Waals surface area contributed by atoms with E-state index in [-0.39, 0.29) is 6.10 Å². The lowest BCUT2D eigenvalue weighted by Gasteiger charge is -2.61. The second kappa shape index (κ2) is 6.28. The Kier molecular flexibility index (Phi) is 4.36. The molecule has 0 unspecified atom stereocenters. The Morgan fingerprint density at radius 3 is 2.44 bits per heavy atom. The van der Waals surface area contributed by atoms with E-state index < -0.39 is 0 Å². The number of carbonyl (C=O) groups is 2. The van der Waals surface area contributed by atoms with Crippen molar-refractivity contribution in [3.8, 4) is 0 Å². The predicted molar refractivity (Wildman–Crippen MR) is 95.7 cm³/mol. The largest absolute Gasteiger partial charge is 0.465 e. The second-order valence-corrected chi connectivity index (χ2v) is 9.74. The number of amides is 1. The first-order valence-electron chi connectivity index (χ1n) is 10.3. The quantitative estimate of drug-likeness (QED) is 0.789. The fourth-order valence-electron chi connectivity index (χ4n) is 7.78. The molecule has 140 valence electrons. The van der Waals surface area contributed by atoms with E-state index >= 15 is 0 Å². The normalized spacial score (nSPS) is 51.6. The zero-order chi connectivity index (χ0) is 17.7. The zero-order valence-electron chi connectivity index (χ0n) is 15.7. The standard InChI is InChI=1S/C21H33NO3/c1-20-9-7-15(25-13-24)11-14(20)3-4-16-17-5-6-19(22-12-23)21(17,2)10-8-18(16)20/h12-19H,3-11H2,1-2H3,(H,22,23)/t14-,15+,16+,17-,18-,19-,20-,21+/m1/s1. The molecule has 0 radical (unpaired) electrons. The van der Waals surface area contributed by atoms with Gasteiger partial charge in [-0.3, -0.25) is 9.59 Å². The molecule has 4 heteroatoms. The maximum Gasteiger partial charge on any atom is 0.293 e. The van der Waals surface area contributed by atoms with Crippen molar-refractivity contribution < 1.29 is 14.3 Å². The molecule has 4 rings (SSSR count). The minimum Gasteiger partial charge on any atom is -0.465 e. The van der Waals surface area contributed by atoms with Crippen LogP contribution in [-0.4, -0.2) is 25.0 Å². The van der Waals surface area contributed by atoms with Crippen LogP contribution < -0.4 is 5.32 Å². The van der Waals surface area contributed by atoms with Crippen LogP contribution in [0.1, 0.15) is 71.6 Å². The molecule has 4 aliphatic rings. The molecule has 4 nitrogen and oxygen atoms in total. The molecule has 0 heterocycles. The van der Waals surface area contributed by atoms with Crippen molar-refractivity contribution in [1.29, 1.82) is 0 Å². The van der Waals surface area contributed by atoms with E-state index in [9.17, 15) is 9.59 Å². The summed E-state index contributed by atoms with van der Waals surface area (Å²) in [6, 6.07) is 0.373. The summed E-state index contributed by atoms with van der Waals surface area (Å²) in [7, 11) is 0. The topological polar surface area (TPSA) is 55.4 Å². The SMILES string of the molecule is C[C@]12CC[C@@H]3[C@@H](CC[C@@H]4C[C@@H](OC=O)CC[C@]43C)[C@H]1CC[C@H]2NC=O. The molecule has 8 atom stereocenters. The highest BCUT2D eigenvalue weighted by atomic mass is 16.5. The maximum absolute atomic E-state index is 11.0. The zero-order valence-corrected chi connectivity index (χ0v) is 15.7. The summed E-state index contributed by atoms with van der Waals surface area (Å²) in [5.41, 5.74) is 0.715. The first kappa shape index (κ1) is 17.4. The Morgan fingerprint density at radius 1 is 0.920 bits per heavy atom. The van der Waals surface area contributed by atoms with Gasteiger partial charge in [-0.1, -0.05) is 13.8 Å². The average Bonchev–Trinajstić information content (AvgIpc) is 2.93. The van der Waals surface area contributed by atoms with Crippen LogP contribution in [0, 0.1) is 34.5 Å². The maximum atomic E-state index is 11.0. The van der Waals surface area contributed by atoms with Crippen molar-refractivity contribution in [2.75, 3.05) is 0 Å². The van der Waals surface area contributed by atoms with Crippen molar-refractivity contribution in [3.63, 3.8) is 0 Å². The van der Waals surface area contributed by atoms with E-state index in [1.807, 2.05) is 0 Å². The first-order valence-corrected chi connectivity index (χ1v) is 10.3. The summed E-state index contributed by atoms with van der Waals surface area (Å²) in [6.07, 6.45) is 12.0. The van der Waals surface area contributed by atoms with Gasteiger partial charge in [-0.25, -0.2) is 0 Å². The molecule has 0 aromatic heterocycles. The van der Waals surface area contributed by atoms with Gasteiger partial charge in [-0.05, 0) is 92.3 Å². The van der Waals surface area contributed by atoms with E-state index in [0.717, 1.165) is 43.4 Å². The van der Waals surface area contributed by atoms with Gasteiger partial charge in [0.2, 0.25) is 6.41 Å². The number of ether oxygens (including phenoxy) is 1. The number of carbonyl (C=O) groups excluding carboxylic acids is 2. The van der Waals surface area contributed by atoms with E-state index in [2.05, 4.69) is 19.2 Å². The van der Waals surface area contributed by atoms with Gasteiger partial charge in [-0.2, -0.15) is 0 Å². The van der Waals surface area contributed by atoms with Crippen LogP contribution in [0.3, 0.4) is 0 Å². The third kappa shape index (κ3) is 2.54. The van der Waals surface area contributed by atoms with E-state index in [1.165, 1.54) is 38.5 Å². The van der Waals surface area contributed by atoms with Crippen LogP contribution in [0.2, 0.25) is 0 Å². The monoisotopic (exact) mass is 347 g/mol. The molecule has 0 saturated heterocycles. The molecule has 4 fully saturated rings. The van der Waals surface area contributed by atoms with Crippen LogP contribution in [0.25, 0.3) is 0 Å². The number of fused-ring (bicyclic) bond motifs is 5. The van der Waals surface area contributed by atoms with Crippen LogP contribution in [0.5, 0.6) is 0 Å². The molecule has 4 saturated carbocycles. The molecule has 0 bridgehead atoms. The molecule has 25 heavy (non-hydrogen) atoms. The molecule has 4 aliphatic carbocycles. The van der Waals surface area contributed by atoms with Gasteiger partial charge >= 0.3 is 0 Å². The van der Waals surface area contributed by atoms with Gasteiger partial charge in [0.1, 0.15) is 6.10 Å². The lowest BCUT2D eigenvalue weighted by atomic mass is 9.45. The Balaban J connectivity index is 1.54. The van der Waals surface area contributed by atoms with Gasteiger partial charge in [0.25, 0.3) is 6.47 Å². The Morgan fingerprint density at radius 2 is 1.68 bits per heavy atom. The number of hydrogen-bond acceptors (Lipinski definition) is 3. The molecule has 0 aromatic carbocycles. The number of rotatable bonds is 4. The van der Waals surface area contributed by atoms with Crippen LogP contribution in [0.15, 0.2) is 0 Å². The minimum atomic E-state index is 0.147. The fraction of sp³-hybridized carbons (Fsp3) is 0.905. The van der Waals surface area contributed by atoms with Crippen molar-refractivity contribution >= 4 is 12.9 Å². The van der Waals surface area contributed by atoms with Gasteiger partial charge < -0.3 is 10.1 Å². The Hall–Kier alpha value is -1.06. The highest BCUT2D eigenvalue weighted by Crippen LogP contribution is 2.66. The van der Waals surface area contributed by atoms with Gasteiger partial charge in [0.05, 0.1) is 0 Å². The summed E-state index contributed by atoms with van der Waals surface area (Å²) in [5, 5.41) is 3.14. The van der Waals surface area contributed by atoms with Crippen molar-refractivity contribution in [2.45, 2.75) is 83.8 Å². The van der Waals surface area contributed by atoms with Gasteiger partial charge in [0, 0.05) is 6.04 Å². The smallest absolute Gasteiger partial charge is 0.293 e.